The van der Waals surface area contributed by atoms with Crippen molar-refractivity contribution in [2.24, 2.45) is 0 Å². The van der Waals surface area contributed by atoms with Crippen LogP contribution in [0, 0.1) is 0 Å². The molecule has 31 heavy (non-hydrogen) atoms. The molecule has 2 amide bonds. The number of esters is 1. The van der Waals surface area contributed by atoms with Gasteiger partial charge in [-0.3, -0.25) is 9.59 Å². The van der Waals surface area contributed by atoms with E-state index >= 15 is 0 Å². The number of carbonyl (C=O) groups excluding carboxylic acids is 3. The molecule has 0 unspecified atom stereocenters. The van der Waals surface area contributed by atoms with E-state index in [0.717, 1.165) is 0 Å². The minimum atomic E-state index is -0.552. The molecule has 0 spiro atoms. The number of amides is 2. The van der Waals surface area contributed by atoms with Gasteiger partial charge in [-0.2, -0.15) is 0 Å². The molecular weight excluding hydrogens is 418 g/mol. The SMILES string of the molecule is COC(=O)c1cc(CNC(=O)Cc2cscn2)cc(NC(=O)c2ccccc2OC)c1. The Labute approximate surface area is 183 Å². The molecular formula is C22H21N3O5S. The highest BCUT2D eigenvalue weighted by molar-refractivity contribution is 7.07. The number of nitrogens with one attached hydrogen (secondary N) is 2. The van der Waals surface area contributed by atoms with Gasteiger partial charge in [0.05, 0.1) is 43.0 Å². The Balaban J connectivity index is 1.77. The number of thiazole rings is 1. The summed E-state index contributed by atoms with van der Waals surface area (Å²) in [6, 6.07) is 11.6. The minimum Gasteiger partial charge on any atom is -0.496 e. The summed E-state index contributed by atoms with van der Waals surface area (Å²) in [5.41, 5.74) is 3.98. The van der Waals surface area contributed by atoms with Crippen LogP contribution >= 0.6 is 11.3 Å². The summed E-state index contributed by atoms with van der Waals surface area (Å²) >= 11 is 1.42. The second kappa shape index (κ2) is 10.4. The maximum absolute atomic E-state index is 12.7. The van der Waals surface area contributed by atoms with Gasteiger partial charge >= 0.3 is 5.97 Å². The van der Waals surface area contributed by atoms with Gasteiger partial charge in [-0.05, 0) is 35.9 Å². The van der Waals surface area contributed by atoms with Crippen LogP contribution in [0.15, 0.2) is 53.4 Å². The summed E-state index contributed by atoms with van der Waals surface area (Å²) in [7, 11) is 2.76. The van der Waals surface area contributed by atoms with Gasteiger partial charge in [0.25, 0.3) is 5.91 Å². The highest BCUT2D eigenvalue weighted by Crippen LogP contribution is 2.21. The highest BCUT2D eigenvalue weighted by Gasteiger charge is 2.15. The Morgan fingerprint density at radius 1 is 1.10 bits per heavy atom. The molecule has 8 nitrogen and oxygen atoms in total. The fourth-order valence-corrected chi connectivity index (χ4v) is 3.44. The summed E-state index contributed by atoms with van der Waals surface area (Å²) in [5, 5.41) is 7.37. The van der Waals surface area contributed by atoms with Crippen LogP contribution in [0.1, 0.15) is 32.0 Å². The molecule has 9 heteroatoms. The largest absolute Gasteiger partial charge is 0.496 e. The van der Waals surface area contributed by atoms with Crippen LogP contribution in [0.5, 0.6) is 5.75 Å². The standard InChI is InChI=1S/C22H21N3O5S/c1-29-19-6-4-3-5-18(19)21(27)25-16-8-14(7-15(9-16)22(28)30-2)11-23-20(26)10-17-12-31-13-24-17/h3-9,12-13H,10-11H2,1-2H3,(H,23,26)(H,25,27). The molecule has 1 heterocycles. The first-order chi connectivity index (χ1) is 15.0. The van der Waals surface area contributed by atoms with E-state index in [-0.39, 0.29) is 24.4 Å². The van der Waals surface area contributed by atoms with Crippen LogP contribution in [-0.4, -0.2) is 37.0 Å². The number of hydrogen-bond donors (Lipinski definition) is 2. The second-order valence-corrected chi connectivity index (χ2v) is 7.22. The maximum Gasteiger partial charge on any atom is 0.337 e. The summed E-state index contributed by atoms with van der Waals surface area (Å²) < 4.78 is 10.0. The molecule has 160 valence electrons. The van der Waals surface area contributed by atoms with E-state index in [1.807, 2.05) is 5.38 Å². The number of anilines is 1. The average Bonchev–Trinajstić information content (AvgIpc) is 3.29. The van der Waals surface area contributed by atoms with Crippen LogP contribution in [0.3, 0.4) is 0 Å². The Hall–Kier alpha value is -3.72. The van der Waals surface area contributed by atoms with Crippen LogP contribution in [-0.2, 0) is 22.5 Å². The van der Waals surface area contributed by atoms with Gasteiger partial charge in [0.2, 0.25) is 5.91 Å². The number of aromatic nitrogens is 1. The molecule has 0 saturated heterocycles. The molecule has 0 saturated carbocycles. The van der Waals surface area contributed by atoms with Gasteiger partial charge in [-0.15, -0.1) is 11.3 Å². The van der Waals surface area contributed by atoms with Crippen LogP contribution < -0.4 is 15.4 Å². The fourth-order valence-electron chi connectivity index (χ4n) is 2.89. The monoisotopic (exact) mass is 439 g/mol. The smallest absolute Gasteiger partial charge is 0.337 e. The molecule has 0 aliphatic carbocycles. The first-order valence-corrected chi connectivity index (χ1v) is 10.2. The molecule has 0 radical (unpaired) electrons. The van der Waals surface area contributed by atoms with E-state index in [2.05, 4.69) is 15.6 Å². The van der Waals surface area contributed by atoms with E-state index in [1.54, 1.807) is 41.9 Å². The topological polar surface area (TPSA) is 107 Å². The molecule has 0 atom stereocenters. The number of nitrogens with zero attached hydrogens (tertiary/aromatic N) is 1. The summed E-state index contributed by atoms with van der Waals surface area (Å²) in [6.07, 6.45) is 0.164. The summed E-state index contributed by atoms with van der Waals surface area (Å²) in [6.45, 7) is 0.172. The van der Waals surface area contributed by atoms with Crippen LogP contribution in [0.2, 0.25) is 0 Å². The zero-order valence-corrected chi connectivity index (χ0v) is 17.8. The zero-order chi connectivity index (χ0) is 22.2. The lowest BCUT2D eigenvalue weighted by Crippen LogP contribution is -2.25. The van der Waals surface area contributed by atoms with Crippen molar-refractivity contribution in [1.82, 2.24) is 10.3 Å². The van der Waals surface area contributed by atoms with Crippen LogP contribution in [0.4, 0.5) is 5.69 Å². The summed E-state index contributed by atoms with van der Waals surface area (Å²) in [5.74, 6) is -0.714. The van der Waals surface area contributed by atoms with Crippen molar-refractivity contribution < 1.29 is 23.9 Å². The Kier molecular flexibility index (Phi) is 7.34. The van der Waals surface area contributed by atoms with Crippen molar-refractivity contribution in [2.75, 3.05) is 19.5 Å². The number of para-hydroxylation sites is 1. The van der Waals surface area contributed by atoms with Gasteiger partial charge in [0, 0.05) is 17.6 Å². The predicted molar refractivity (Wildman–Crippen MR) is 116 cm³/mol. The van der Waals surface area contributed by atoms with E-state index in [9.17, 15) is 14.4 Å². The number of carbonyl (C=O) groups is 3. The van der Waals surface area contributed by atoms with Crippen molar-refractivity contribution in [3.63, 3.8) is 0 Å². The van der Waals surface area contributed by atoms with E-state index in [1.165, 1.54) is 31.6 Å². The Bertz CT molecular complexity index is 1080. The van der Waals surface area contributed by atoms with Gasteiger partial charge < -0.3 is 20.1 Å². The molecule has 0 fully saturated rings. The van der Waals surface area contributed by atoms with Crippen molar-refractivity contribution >= 4 is 34.8 Å². The molecule has 2 aromatic carbocycles. The molecule has 2 N–H and O–H groups in total. The normalized spacial score (nSPS) is 10.3. The third kappa shape index (κ3) is 5.89. The van der Waals surface area contributed by atoms with Crippen molar-refractivity contribution in [3.8, 4) is 5.75 Å². The van der Waals surface area contributed by atoms with E-state index in [4.69, 9.17) is 9.47 Å². The second-order valence-electron chi connectivity index (χ2n) is 6.50. The number of hydrogen-bond acceptors (Lipinski definition) is 7. The van der Waals surface area contributed by atoms with Gasteiger partial charge in [0.15, 0.2) is 0 Å². The highest BCUT2D eigenvalue weighted by atomic mass is 32.1. The number of ether oxygens (including phenoxy) is 2. The molecule has 0 aliphatic heterocycles. The Morgan fingerprint density at radius 2 is 1.90 bits per heavy atom. The quantitative estimate of drug-likeness (QED) is 0.523. The number of methoxy groups -OCH3 is 2. The van der Waals surface area contributed by atoms with Crippen molar-refractivity contribution in [2.45, 2.75) is 13.0 Å². The molecule has 0 bridgehead atoms. The van der Waals surface area contributed by atoms with Gasteiger partial charge in [-0.25, -0.2) is 9.78 Å². The predicted octanol–water partition coefficient (Wildman–Crippen LogP) is 3.05. The lowest BCUT2D eigenvalue weighted by atomic mass is 10.1. The number of benzene rings is 2. The Morgan fingerprint density at radius 3 is 2.61 bits per heavy atom. The molecule has 1 aromatic heterocycles. The lowest BCUT2D eigenvalue weighted by molar-refractivity contribution is -0.120. The number of rotatable bonds is 8. The first-order valence-electron chi connectivity index (χ1n) is 9.30. The van der Waals surface area contributed by atoms with Gasteiger partial charge in [0.1, 0.15) is 5.75 Å². The minimum absolute atomic E-state index is 0.164. The fraction of sp³-hybridized carbons (Fsp3) is 0.182. The molecule has 0 aliphatic rings. The zero-order valence-electron chi connectivity index (χ0n) is 17.0. The maximum atomic E-state index is 12.7. The molecule has 3 rings (SSSR count). The van der Waals surface area contributed by atoms with Gasteiger partial charge in [-0.1, -0.05) is 12.1 Å². The van der Waals surface area contributed by atoms with Crippen molar-refractivity contribution in [1.29, 1.82) is 0 Å². The van der Waals surface area contributed by atoms with Crippen molar-refractivity contribution in [3.05, 3.63) is 75.7 Å². The van der Waals surface area contributed by atoms with E-state index < -0.39 is 11.9 Å². The average molecular weight is 439 g/mol. The molecule has 3 aromatic rings. The third-order valence-electron chi connectivity index (χ3n) is 4.34. The lowest BCUT2D eigenvalue weighted by Gasteiger charge is -2.12. The summed E-state index contributed by atoms with van der Waals surface area (Å²) in [4.78, 5) is 41.0. The first kappa shape index (κ1) is 22.0. The third-order valence-corrected chi connectivity index (χ3v) is 4.97. The van der Waals surface area contributed by atoms with E-state index in [0.29, 0.717) is 28.3 Å². The van der Waals surface area contributed by atoms with Crippen LogP contribution in [0.25, 0.3) is 0 Å².